The van der Waals surface area contributed by atoms with Gasteiger partial charge in [-0.3, -0.25) is 0 Å². The topological polar surface area (TPSA) is 34.1 Å². The van der Waals surface area contributed by atoms with Crippen LogP contribution < -0.4 is 10.1 Å². The molecule has 2 aromatic rings. The van der Waals surface area contributed by atoms with Gasteiger partial charge in [0.2, 0.25) is 5.88 Å². The zero-order valence-electron chi connectivity index (χ0n) is 11.3. The summed E-state index contributed by atoms with van der Waals surface area (Å²) >= 11 is 6.04. The summed E-state index contributed by atoms with van der Waals surface area (Å²) in [6, 6.07) is 11.9. The van der Waals surface area contributed by atoms with Crippen molar-refractivity contribution in [2.75, 3.05) is 13.7 Å². The second-order valence-electron chi connectivity index (χ2n) is 4.27. The molecule has 0 unspecified atom stereocenters. The van der Waals surface area contributed by atoms with Crippen molar-refractivity contribution in [3.05, 3.63) is 64.8 Å². The molecule has 0 fully saturated rings. The fourth-order valence-corrected chi connectivity index (χ4v) is 1.92. The summed E-state index contributed by atoms with van der Waals surface area (Å²) in [6.07, 6.45) is 5.60. The first-order valence-electron chi connectivity index (χ1n) is 6.43. The van der Waals surface area contributed by atoms with Crippen molar-refractivity contribution >= 4 is 17.7 Å². The van der Waals surface area contributed by atoms with Crippen LogP contribution in [0, 0.1) is 0 Å². The van der Waals surface area contributed by atoms with E-state index < -0.39 is 0 Å². The highest BCUT2D eigenvalue weighted by Crippen LogP contribution is 2.19. The number of nitrogens with one attached hydrogen (secondary N) is 1. The Hall–Kier alpha value is -1.84. The van der Waals surface area contributed by atoms with E-state index in [0.29, 0.717) is 24.1 Å². The molecular formula is C16H17ClN2O. The molecule has 104 valence electrons. The zero-order valence-corrected chi connectivity index (χ0v) is 12.1. The van der Waals surface area contributed by atoms with Crippen molar-refractivity contribution in [2.24, 2.45) is 0 Å². The van der Waals surface area contributed by atoms with Gasteiger partial charge in [-0.15, -0.1) is 0 Å². The number of rotatable bonds is 6. The summed E-state index contributed by atoms with van der Waals surface area (Å²) in [5.74, 6) is 0.581. The minimum atomic E-state index is 0.475. The fraction of sp³-hybridized carbons (Fsp3) is 0.188. The summed E-state index contributed by atoms with van der Waals surface area (Å²) < 4.78 is 5.59. The van der Waals surface area contributed by atoms with E-state index in [1.165, 1.54) is 0 Å². The molecule has 1 aromatic heterocycles. The SMILES string of the molecule is CNCc1cc(OC/C=C/c2ccccc2)ncc1Cl. The van der Waals surface area contributed by atoms with E-state index >= 15 is 0 Å². The highest BCUT2D eigenvalue weighted by molar-refractivity contribution is 6.31. The van der Waals surface area contributed by atoms with Gasteiger partial charge < -0.3 is 10.1 Å². The molecule has 0 bridgehead atoms. The lowest BCUT2D eigenvalue weighted by Crippen LogP contribution is -2.06. The molecule has 1 aromatic carbocycles. The molecule has 0 amide bonds. The van der Waals surface area contributed by atoms with Gasteiger partial charge in [-0.05, 0) is 24.3 Å². The molecular weight excluding hydrogens is 272 g/mol. The molecule has 0 aliphatic heterocycles. The van der Waals surface area contributed by atoms with Crippen molar-refractivity contribution in [1.82, 2.24) is 10.3 Å². The van der Waals surface area contributed by atoms with Gasteiger partial charge in [-0.25, -0.2) is 4.98 Å². The smallest absolute Gasteiger partial charge is 0.213 e. The van der Waals surface area contributed by atoms with Crippen molar-refractivity contribution in [2.45, 2.75) is 6.54 Å². The third-order valence-electron chi connectivity index (χ3n) is 2.71. The molecule has 0 saturated carbocycles. The van der Waals surface area contributed by atoms with Crippen LogP contribution in [0.5, 0.6) is 5.88 Å². The average Bonchev–Trinajstić information content (AvgIpc) is 2.48. The number of hydrogen-bond acceptors (Lipinski definition) is 3. The van der Waals surface area contributed by atoms with Gasteiger partial charge in [-0.2, -0.15) is 0 Å². The lowest BCUT2D eigenvalue weighted by Gasteiger charge is -2.06. The Labute approximate surface area is 124 Å². The standard InChI is InChI=1S/C16H17ClN2O/c1-18-11-14-10-16(19-12-15(14)17)20-9-5-8-13-6-3-2-4-7-13/h2-8,10,12,18H,9,11H2,1H3/b8-5+. The number of ether oxygens (including phenoxy) is 1. The van der Waals surface area contributed by atoms with Crippen LogP contribution in [-0.2, 0) is 6.54 Å². The first kappa shape index (κ1) is 14.6. The summed E-state index contributed by atoms with van der Waals surface area (Å²) in [6.45, 7) is 1.17. The van der Waals surface area contributed by atoms with Crippen LogP contribution >= 0.6 is 11.6 Å². The number of halogens is 1. The van der Waals surface area contributed by atoms with Crippen molar-refractivity contribution in [3.8, 4) is 5.88 Å². The molecule has 0 saturated heterocycles. The van der Waals surface area contributed by atoms with Crippen molar-refractivity contribution in [1.29, 1.82) is 0 Å². The van der Waals surface area contributed by atoms with Crippen LogP contribution in [0.3, 0.4) is 0 Å². The third kappa shape index (κ3) is 4.37. The van der Waals surface area contributed by atoms with E-state index in [2.05, 4.69) is 10.3 Å². The molecule has 2 rings (SSSR count). The van der Waals surface area contributed by atoms with Gasteiger partial charge in [0, 0.05) is 18.8 Å². The molecule has 1 N–H and O–H groups in total. The Balaban J connectivity index is 1.91. The minimum Gasteiger partial charge on any atom is -0.473 e. The summed E-state index contributed by atoms with van der Waals surface area (Å²) in [7, 11) is 1.87. The second-order valence-corrected chi connectivity index (χ2v) is 4.68. The molecule has 0 spiro atoms. The predicted octanol–water partition coefficient (Wildman–Crippen LogP) is 3.55. The van der Waals surface area contributed by atoms with E-state index in [9.17, 15) is 0 Å². The van der Waals surface area contributed by atoms with Crippen LogP contribution in [-0.4, -0.2) is 18.6 Å². The van der Waals surface area contributed by atoms with Gasteiger partial charge in [0.15, 0.2) is 0 Å². The molecule has 0 atom stereocenters. The van der Waals surface area contributed by atoms with E-state index in [-0.39, 0.29) is 0 Å². The lowest BCUT2D eigenvalue weighted by molar-refractivity contribution is 0.348. The molecule has 0 aliphatic carbocycles. The first-order valence-corrected chi connectivity index (χ1v) is 6.81. The van der Waals surface area contributed by atoms with E-state index in [1.54, 1.807) is 6.20 Å². The van der Waals surface area contributed by atoms with Crippen molar-refractivity contribution in [3.63, 3.8) is 0 Å². The number of nitrogens with zero attached hydrogens (tertiary/aromatic N) is 1. The van der Waals surface area contributed by atoms with Gasteiger partial charge in [-0.1, -0.05) is 48.0 Å². The molecule has 0 aliphatic rings. The number of aromatic nitrogens is 1. The number of benzene rings is 1. The van der Waals surface area contributed by atoms with E-state index in [0.717, 1.165) is 11.1 Å². The maximum atomic E-state index is 6.04. The fourth-order valence-electron chi connectivity index (χ4n) is 1.75. The highest BCUT2D eigenvalue weighted by atomic mass is 35.5. The molecule has 20 heavy (non-hydrogen) atoms. The Morgan fingerprint density at radius 2 is 2.10 bits per heavy atom. The van der Waals surface area contributed by atoms with Gasteiger partial charge in [0.05, 0.1) is 5.02 Å². The molecule has 4 heteroatoms. The summed E-state index contributed by atoms with van der Waals surface area (Å²) in [4.78, 5) is 4.15. The Morgan fingerprint density at radius 1 is 1.30 bits per heavy atom. The minimum absolute atomic E-state index is 0.475. The quantitative estimate of drug-likeness (QED) is 0.883. The van der Waals surface area contributed by atoms with Crippen molar-refractivity contribution < 1.29 is 4.74 Å². The third-order valence-corrected chi connectivity index (χ3v) is 3.05. The molecule has 1 heterocycles. The largest absolute Gasteiger partial charge is 0.473 e. The maximum absolute atomic E-state index is 6.04. The number of hydrogen-bond donors (Lipinski definition) is 1. The average molecular weight is 289 g/mol. The first-order chi connectivity index (χ1) is 9.79. The Kier molecular flexibility index (Phi) is 5.59. The molecule has 3 nitrogen and oxygen atoms in total. The number of pyridine rings is 1. The van der Waals surface area contributed by atoms with E-state index in [4.69, 9.17) is 16.3 Å². The van der Waals surface area contributed by atoms with Gasteiger partial charge in [0.1, 0.15) is 6.61 Å². The maximum Gasteiger partial charge on any atom is 0.213 e. The zero-order chi connectivity index (χ0) is 14.2. The van der Waals surface area contributed by atoms with Crippen LogP contribution in [0.2, 0.25) is 5.02 Å². The van der Waals surface area contributed by atoms with Crippen LogP contribution in [0.15, 0.2) is 48.7 Å². The monoisotopic (exact) mass is 288 g/mol. The van der Waals surface area contributed by atoms with Crippen LogP contribution in [0.1, 0.15) is 11.1 Å². The predicted molar refractivity (Wildman–Crippen MR) is 83.0 cm³/mol. The van der Waals surface area contributed by atoms with Crippen LogP contribution in [0.25, 0.3) is 6.08 Å². The summed E-state index contributed by atoms with van der Waals surface area (Å²) in [5.41, 5.74) is 2.13. The van der Waals surface area contributed by atoms with Gasteiger partial charge >= 0.3 is 0 Å². The Bertz CT molecular complexity index is 570. The van der Waals surface area contributed by atoms with Gasteiger partial charge in [0.25, 0.3) is 0 Å². The summed E-state index contributed by atoms with van der Waals surface area (Å²) in [5, 5.41) is 3.70. The molecule has 0 radical (unpaired) electrons. The second kappa shape index (κ2) is 7.68. The normalized spacial score (nSPS) is 10.9. The highest BCUT2D eigenvalue weighted by Gasteiger charge is 2.02. The van der Waals surface area contributed by atoms with Crippen LogP contribution in [0.4, 0.5) is 0 Å². The lowest BCUT2D eigenvalue weighted by atomic mass is 10.2. The Morgan fingerprint density at radius 3 is 2.85 bits per heavy atom. The van der Waals surface area contributed by atoms with E-state index in [1.807, 2.05) is 55.6 Å².